The molecule has 0 aliphatic carbocycles. The van der Waals surface area contributed by atoms with Crippen molar-refractivity contribution in [3.8, 4) is 0 Å². The molecule has 3 nitrogen and oxygen atoms in total. The van der Waals surface area contributed by atoms with Crippen molar-refractivity contribution in [1.82, 2.24) is 0 Å². The lowest BCUT2D eigenvalue weighted by molar-refractivity contribution is -0.882. The topological polar surface area (TPSA) is 40.1 Å². The Balaban J connectivity index is 3.44. The number of rotatable bonds is 17. The molecule has 0 fully saturated rings. The second-order valence-corrected chi connectivity index (χ2v) is 8.34. The second-order valence-electron chi connectivity index (χ2n) is 8.34. The summed E-state index contributed by atoms with van der Waals surface area (Å²) in [6.07, 6.45) is 22.5. The van der Waals surface area contributed by atoms with Crippen molar-refractivity contribution in [1.29, 1.82) is 0 Å². The van der Waals surface area contributed by atoms with Crippen LogP contribution in [0.1, 0.15) is 96.8 Å². The number of allylic oxidation sites excluding steroid dienone is 1. The number of carbonyl (C=O) groups excluding carboxylic acids is 1. The summed E-state index contributed by atoms with van der Waals surface area (Å²) < 4.78 is 0.372. The summed E-state index contributed by atoms with van der Waals surface area (Å²) in [6.45, 7) is 2.27. The minimum atomic E-state index is -0.992. The Morgan fingerprint density at radius 3 is 1.56 bits per heavy atom. The minimum absolute atomic E-state index is 0.372. The first kappa shape index (κ1) is 24.2. The Morgan fingerprint density at radius 2 is 1.20 bits per heavy atom. The maximum atomic E-state index is 11.1. The van der Waals surface area contributed by atoms with E-state index in [0.717, 1.165) is 12.8 Å². The Labute approximate surface area is 157 Å². The number of hydrogen-bond acceptors (Lipinski definition) is 2. The van der Waals surface area contributed by atoms with Gasteiger partial charge < -0.3 is 14.4 Å². The molecule has 0 aromatic carbocycles. The third kappa shape index (κ3) is 15.2. The number of unbranched alkanes of at least 4 members (excludes halogenated alkanes) is 13. The molecule has 3 heteroatoms. The van der Waals surface area contributed by atoms with Crippen LogP contribution in [0.5, 0.6) is 0 Å². The van der Waals surface area contributed by atoms with E-state index in [2.05, 4.69) is 6.92 Å². The molecular formula is C22H43NO2. The molecule has 1 atom stereocenters. The summed E-state index contributed by atoms with van der Waals surface area (Å²) in [7, 11) is 5.65. The van der Waals surface area contributed by atoms with Crippen molar-refractivity contribution in [2.45, 2.75) is 103 Å². The van der Waals surface area contributed by atoms with Crippen LogP contribution in [0.25, 0.3) is 0 Å². The zero-order chi connectivity index (χ0) is 19.0. The first-order valence-corrected chi connectivity index (χ1v) is 10.6. The van der Waals surface area contributed by atoms with Crippen molar-refractivity contribution in [3.63, 3.8) is 0 Å². The van der Waals surface area contributed by atoms with E-state index < -0.39 is 12.0 Å². The standard InChI is InChI=1S/C22H43NO2/c1-5-6-7-8-9-10-11-12-13-14-15-16-17-18-19-20-21(22(24)25)23(2,3)4/h19-21H,5-18H2,1-4H3/b20-19+. The Bertz CT molecular complexity index is 344. The number of carbonyl (C=O) groups is 1. The largest absolute Gasteiger partial charge is 0.544 e. The first-order valence-electron chi connectivity index (χ1n) is 10.6. The van der Waals surface area contributed by atoms with Crippen molar-refractivity contribution in [2.75, 3.05) is 21.1 Å². The van der Waals surface area contributed by atoms with E-state index in [9.17, 15) is 9.90 Å². The molecule has 0 N–H and O–H groups in total. The van der Waals surface area contributed by atoms with E-state index >= 15 is 0 Å². The van der Waals surface area contributed by atoms with E-state index in [0.29, 0.717) is 4.48 Å². The minimum Gasteiger partial charge on any atom is -0.544 e. The quantitative estimate of drug-likeness (QED) is 0.213. The molecule has 0 spiro atoms. The number of likely N-dealkylation sites (N-methyl/N-ethyl adjacent to an activating group) is 1. The summed E-state index contributed by atoms with van der Waals surface area (Å²) in [5.41, 5.74) is 0. The summed E-state index contributed by atoms with van der Waals surface area (Å²) in [4.78, 5) is 11.1. The molecule has 0 amide bonds. The molecular weight excluding hydrogens is 310 g/mol. The second kappa shape index (κ2) is 15.4. The molecule has 0 heterocycles. The molecule has 148 valence electrons. The van der Waals surface area contributed by atoms with E-state index in [-0.39, 0.29) is 0 Å². The van der Waals surface area contributed by atoms with Crippen LogP contribution < -0.4 is 5.11 Å². The highest BCUT2D eigenvalue weighted by Crippen LogP contribution is 2.13. The molecule has 0 rings (SSSR count). The van der Waals surface area contributed by atoms with Gasteiger partial charge in [-0.2, -0.15) is 0 Å². The number of nitrogens with zero attached hydrogens (tertiary/aromatic N) is 1. The number of carboxylic acid groups (broad SMARTS) is 1. The Morgan fingerprint density at radius 1 is 0.800 bits per heavy atom. The Kier molecular flexibility index (Phi) is 14.9. The highest BCUT2D eigenvalue weighted by atomic mass is 16.4. The average molecular weight is 354 g/mol. The predicted octanol–water partition coefficient (Wildman–Crippen LogP) is 4.85. The lowest BCUT2D eigenvalue weighted by Gasteiger charge is -2.32. The lowest BCUT2D eigenvalue weighted by Crippen LogP contribution is -2.53. The monoisotopic (exact) mass is 353 g/mol. The number of quaternary nitrogens is 1. The molecule has 0 bridgehead atoms. The normalized spacial score (nSPS) is 13.4. The molecule has 25 heavy (non-hydrogen) atoms. The summed E-state index contributed by atoms with van der Waals surface area (Å²) >= 11 is 0. The number of aliphatic carboxylic acids is 1. The third-order valence-corrected chi connectivity index (χ3v) is 4.87. The van der Waals surface area contributed by atoms with Crippen LogP contribution in [-0.2, 0) is 4.79 Å². The number of carboxylic acids is 1. The first-order chi connectivity index (χ1) is 11.9. The van der Waals surface area contributed by atoms with Gasteiger partial charge in [0, 0.05) is 0 Å². The van der Waals surface area contributed by atoms with Gasteiger partial charge in [0.05, 0.1) is 21.1 Å². The van der Waals surface area contributed by atoms with Crippen molar-refractivity contribution < 1.29 is 14.4 Å². The molecule has 0 aliphatic heterocycles. The van der Waals surface area contributed by atoms with Gasteiger partial charge in [0.15, 0.2) is 0 Å². The molecule has 0 aliphatic rings. The molecule has 0 radical (unpaired) electrons. The van der Waals surface area contributed by atoms with Crippen LogP contribution in [0.4, 0.5) is 0 Å². The molecule has 0 aromatic rings. The van der Waals surface area contributed by atoms with Gasteiger partial charge in [0.25, 0.3) is 0 Å². The molecule has 0 saturated carbocycles. The van der Waals surface area contributed by atoms with E-state index in [1.807, 2.05) is 27.2 Å². The van der Waals surface area contributed by atoms with Crippen LogP contribution in [0, 0.1) is 0 Å². The Hall–Kier alpha value is -0.830. The van der Waals surface area contributed by atoms with Gasteiger partial charge in [-0.05, 0) is 18.9 Å². The van der Waals surface area contributed by atoms with E-state index in [4.69, 9.17) is 0 Å². The van der Waals surface area contributed by atoms with Gasteiger partial charge in [-0.25, -0.2) is 0 Å². The summed E-state index contributed by atoms with van der Waals surface area (Å²) in [5, 5.41) is 11.1. The molecule has 0 saturated heterocycles. The lowest BCUT2D eigenvalue weighted by atomic mass is 10.0. The molecule has 0 aromatic heterocycles. The van der Waals surface area contributed by atoms with Crippen LogP contribution >= 0.6 is 0 Å². The van der Waals surface area contributed by atoms with Gasteiger partial charge in [-0.15, -0.1) is 0 Å². The van der Waals surface area contributed by atoms with Gasteiger partial charge in [0.2, 0.25) is 0 Å². The zero-order valence-corrected chi connectivity index (χ0v) is 17.4. The van der Waals surface area contributed by atoms with Crippen LogP contribution in [0.15, 0.2) is 12.2 Å². The number of hydrogen-bond donors (Lipinski definition) is 0. The summed E-state index contributed by atoms with van der Waals surface area (Å²) in [6, 6.07) is -0.554. The maximum Gasteiger partial charge on any atom is 0.147 e. The van der Waals surface area contributed by atoms with Gasteiger partial charge in [-0.1, -0.05) is 90.0 Å². The highest BCUT2D eigenvalue weighted by Gasteiger charge is 2.21. The zero-order valence-electron chi connectivity index (χ0n) is 17.4. The summed E-state index contributed by atoms with van der Waals surface area (Å²) in [5.74, 6) is -0.992. The molecule has 1 unspecified atom stereocenters. The van der Waals surface area contributed by atoms with Gasteiger partial charge in [-0.3, -0.25) is 0 Å². The highest BCUT2D eigenvalue weighted by molar-refractivity contribution is 5.72. The van der Waals surface area contributed by atoms with Gasteiger partial charge >= 0.3 is 0 Å². The van der Waals surface area contributed by atoms with Crippen molar-refractivity contribution in [2.24, 2.45) is 0 Å². The fourth-order valence-corrected chi connectivity index (χ4v) is 3.16. The SMILES string of the molecule is CCCCCCCCCCCCCCC/C=C/C(C(=O)[O-])[N+](C)(C)C. The van der Waals surface area contributed by atoms with Crippen molar-refractivity contribution in [3.05, 3.63) is 12.2 Å². The smallest absolute Gasteiger partial charge is 0.147 e. The predicted molar refractivity (Wildman–Crippen MR) is 106 cm³/mol. The van der Waals surface area contributed by atoms with Crippen molar-refractivity contribution >= 4 is 5.97 Å². The average Bonchev–Trinajstić information content (AvgIpc) is 2.53. The fraction of sp³-hybridized carbons (Fsp3) is 0.864. The van der Waals surface area contributed by atoms with Crippen LogP contribution in [0.2, 0.25) is 0 Å². The maximum absolute atomic E-state index is 11.1. The van der Waals surface area contributed by atoms with Crippen LogP contribution in [0.3, 0.4) is 0 Å². The van der Waals surface area contributed by atoms with E-state index in [1.54, 1.807) is 6.08 Å². The third-order valence-electron chi connectivity index (χ3n) is 4.87. The van der Waals surface area contributed by atoms with Crippen LogP contribution in [-0.4, -0.2) is 37.6 Å². The van der Waals surface area contributed by atoms with Gasteiger partial charge in [0.1, 0.15) is 12.0 Å². The van der Waals surface area contributed by atoms with E-state index in [1.165, 1.54) is 77.0 Å². The fourth-order valence-electron chi connectivity index (χ4n) is 3.16.